The van der Waals surface area contributed by atoms with Crippen LogP contribution in [-0.4, -0.2) is 54.7 Å². The van der Waals surface area contributed by atoms with Crippen LogP contribution < -0.4 is 15.6 Å². The van der Waals surface area contributed by atoms with Gasteiger partial charge in [-0.25, -0.2) is 35.4 Å². The number of carbonyl (C=O) groups is 1. The molecule has 0 spiro atoms. The highest BCUT2D eigenvalue weighted by Crippen LogP contribution is 2.68. The quantitative estimate of drug-likeness (QED) is 0.124. The highest BCUT2D eigenvalue weighted by atomic mass is 35.5. The van der Waals surface area contributed by atoms with Crippen molar-refractivity contribution in [1.29, 1.82) is 0 Å². The van der Waals surface area contributed by atoms with Gasteiger partial charge in [0.05, 0.1) is 49.8 Å². The van der Waals surface area contributed by atoms with E-state index in [4.69, 9.17) is 28.2 Å². The average Bonchev–Trinajstić information content (AvgIpc) is 3.72. The van der Waals surface area contributed by atoms with Crippen molar-refractivity contribution in [3.63, 3.8) is 0 Å². The lowest BCUT2D eigenvalue weighted by Crippen LogP contribution is -2.38. The van der Waals surface area contributed by atoms with E-state index < -0.39 is 93.5 Å². The fourth-order valence-corrected chi connectivity index (χ4v) is 9.24. The van der Waals surface area contributed by atoms with Gasteiger partial charge in [-0.1, -0.05) is 29.3 Å². The van der Waals surface area contributed by atoms with E-state index in [9.17, 15) is 35.6 Å². The minimum absolute atomic E-state index is 0.00180. The van der Waals surface area contributed by atoms with Gasteiger partial charge in [0.15, 0.2) is 11.6 Å². The Kier molecular flexibility index (Phi) is 10.1. The van der Waals surface area contributed by atoms with Crippen molar-refractivity contribution in [2.75, 3.05) is 11.0 Å². The number of amides is 1. The summed E-state index contributed by atoms with van der Waals surface area (Å²) in [6.07, 6.45) is -1.73. The molecule has 1 amide bonds. The van der Waals surface area contributed by atoms with Crippen molar-refractivity contribution in [2.45, 2.75) is 43.7 Å². The molecule has 0 saturated heterocycles. The van der Waals surface area contributed by atoms with Gasteiger partial charge in [0.2, 0.25) is 15.9 Å². The van der Waals surface area contributed by atoms with E-state index in [1.54, 1.807) is 0 Å². The maximum Gasteiger partial charge on any atom is 0.293 e. The van der Waals surface area contributed by atoms with Gasteiger partial charge in [0.1, 0.15) is 41.1 Å². The third-order valence-electron chi connectivity index (χ3n) is 10.9. The number of carbonyl (C=O) groups excluding carboxylic acids is 1. The monoisotopic (exact) mass is 933 g/mol. The maximum absolute atomic E-state index is 15.5. The summed E-state index contributed by atoms with van der Waals surface area (Å²) in [6.45, 7) is -1.03. The van der Waals surface area contributed by atoms with Crippen LogP contribution >= 0.6 is 23.2 Å². The Labute approximate surface area is 360 Å². The lowest BCUT2D eigenvalue weighted by Gasteiger charge is -2.24. The molecule has 0 unspecified atom stereocenters. The van der Waals surface area contributed by atoms with Gasteiger partial charge in [-0.05, 0) is 60.4 Å². The number of alkyl halides is 4. The summed E-state index contributed by atoms with van der Waals surface area (Å²) in [4.78, 5) is 37.9. The van der Waals surface area contributed by atoms with Crippen molar-refractivity contribution in [3.8, 4) is 16.9 Å². The van der Waals surface area contributed by atoms with Crippen LogP contribution in [0.4, 0.5) is 36.6 Å². The van der Waals surface area contributed by atoms with Crippen LogP contribution in [0, 0.1) is 23.4 Å². The highest BCUT2D eigenvalue weighted by molar-refractivity contribution is 7.92. The number of anilines is 1. The molecule has 63 heavy (non-hydrogen) atoms. The molecule has 3 aromatic carbocycles. The minimum atomic E-state index is -3.95. The van der Waals surface area contributed by atoms with Gasteiger partial charge >= 0.3 is 0 Å². The number of aromatic nitrogens is 7. The first kappa shape index (κ1) is 42.3. The van der Waals surface area contributed by atoms with Gasteiger partial charge in [0, 0.05) is 42.8 Å². The standard InChI is InChI=1S/C40H28Cl2F7N9O4S/c1-56-34-28(6-5-24(42)31(34)37(54-56)55-63(2,61)62)58-38(52-26-10-17(3-4-21(26)39(58)60)32-25(45)11-18(41)14-50-32)27(9-16-7-19(43)12-20(44)8-16)51-29(59)15-57-35-30(33(53-57)36(46)47)22-13-23(22)40(35,48)49/h3-8,10-12,14,22-23,27,36H,9,13,15H2,1-2H3,(H,51,59)(H,54,55)/t22-,23+,27-/m0/s1. The minimum Gasteiger partial charge on any atom is -0.344 e. The summed E-state index contributed by atoms with van der Waals surface area (Å²) in [7, 11) is -2.53. The number of sulfonamides is 1. The molecular formula is C40H28Cl2F7N9O4S. The van der Waals surface area contributed by atoms with Crippen molar-refractivity contribution in [1.82, 2.24) is 39.4 Å². The highest BCUT2D eigenvalue weighted by Gasteiger charge is 2.67. The predicted molar refractivity (Wildman–Crippen MR) is 216 cm³/mol. The molecule has 7 aromatic rings. The van der Waals surface area contributed by atoms with Gasteiger partial charge in [-0.15, -0.1) is 0 Å². The molecule has 4 aromatic heterocycles. The molecule has 0 aliphatic heterocycles. The zero-order valence-electron chi connectivity index (χ0n) is 32.3. The van der Waals surface area contributed by atoms with Gasteiger partial charge in [0.25, 0.3) is 17.9 Å². The predicted octanol–water partition coefficient (Wildman–Crippen LogP) is 7.87. The summed E-state index contributed by atoms with van der Waals surface area (Å²) in [5.41, 5.74) is -3.12. The number of hydrogen-bond acceptors (Lipinski definition) is 8. The van der Waals surface area contributed by atoms with Crippen LogP contribution in [0.3, 0.4) is 0 Å². The zero-order chi connectivity index (χ0) is 45.0. The second-order valence-electron chi connectivity index (χ2n) is 15.2. The summed E-state index contributed by atoms with van der Waals surface area (Å²) >= 11 is 12.5. The van der Waals surface area contributed by atoms with Gasteiger partial charge in [-0.3, -0.25) is 33.2 Å². The Morgan fingerprint density at radius 3 is 2.43 bits per heavy atom. The van der Waals surface area contributed by atoms with E-state index in [-0.39, 0.29) is 78.0 Å². The number of rotatable bonds is 11. The van der Waals surface area contributed by atoms with Crippen LogP contribution in [-0.2, 0) is 40.8 Å². The molecule has 13 nitrogen and oxygen atoms in total. The smallest absolute Gasteiger partial charge is 0.293 e. The molecule has 326 valence electrons. The Balaban J connectivity index is 1.26. The Bertz CT molecular complexity index is 3250. The molecule has 3 atom stereocenters. The number of aryl methyl sites for hydroxylation is 1. The molecule has 1 fully saturated rings. The van der Waals surface area contributed by atoms with Crippen LogP contribution in [0.2, 0.25) is 10.0 Å². The number of nitrogens with one attached hydrogen (secondary N) is 2. The topological polar surface area (TPSA) is 159 Å². The second kappa shape index (κ2) is 15.0. The fraction of sp³-hybridized carbons (Fsp3) is 0.250. The van der Waals surface area contributed by atoms with Gasteiger partial charge < -0.3 is 5.32 Å². The first-order chi connectivity index (χ1) is 29.7. The molecule has 2 aliphatic carbocycles. The van der Waals surface area contributed by atoms with Crippen LogP contribution in [0.5, 0.6) is 0 Å². The summed E-state index contributed by atoms with van der Waals surface area (Å²) in [6, 6.07) is 8.57. The SMILES string of the molecule is Cn1nc(NS(C)(=O)=O)c2c(Cl)ccc(-n3c([C@H](Cc4cc(F)cc(F)c4)NC(=O)Cn4nc(C(F)F)c5c4C(F)(F)[C@@H]4C[C@H]54)nc4cc(-c5ncc(Cl)cc5F)ccc4c3=O)c21. The summed E-state index contributed by atoms with van der Waals surface area (Å²) in [5.74, 6) is -10.2. The zero-order valence-corrected chi connectivity index (χ0v) is 34.6. The number of benzene rings is 3. The molecule has 2 aliphatic rings. The maximum atomic E-state index is 15.5. The van der Waals surface area contributed by atoms with E-state index >= 15 is 13.2 Å². The average molecular weight is 935 g/mol. The Morgan fingerprint density at radius 2 is 1.75 bits per heavy atom. The summed E-state index contributed by atoms with van der Waals surface area (Å²) < 4.78 is 134. The Hall–Kier alpha value is -6.06. The van der Waals surface area contributed by atoms with E-state index in [2.05, 4.69) is 25.2 Å². The second-order valence-corrected chi connectivity index (χ2v) is 17.8. The third-order valence-corrected chi connectivity index (χ3v) is 12.0. The normalized spacial score (nSPS) is 17.0. The molecule has 0 radical (unpaired) electrons. The summed E-state index contributed by atoms with van der Waals surface area (Å²) in [5, 5.41) is 10.5. The number of halogens is 9. The molecular weight excluding hydrogens is 906 g/mol. The molecule has 9 rings (SSSR count). The Morgan fingerprint density at radius 1 is 1.02 bits per heavy atom. The molecule has 0 bridgehead atoms. The first-order valence-electron chi connectivity index (χ1n) is 18.7. The van der Waals surface area contributed by atoms with E-state index in [0.717, 1.165) is 29.0 Å². The van der Waals surface area contributed by atoms with E-state index in [0.29, 0.717) is 10.7 Å². The molecule has 23 heteroatoms. The fourth-order valence-electron chi connectivity index (χ4n) is 8.35. The van der Waals surface area contributed by atoms with E-state index in [1.807, 2.05) is 0 Å². The third kappa shape index (κ3) is 7.44. The molecule has 1 saturated carbocycles. The van der Waals surface area contributed by atoms with Crippen molar-refractivity contribution < 1.29 is 43.9 Å². The number of pyridine rings is 1. The van der Waals surface area contributed by atoms with Crippen molar-refractivity contribution in [3.05, 3.63) is 127 Å². The van der Waals surface area contributed by atoms with Crippen LogP contribution in [0.25, 0.3) is 38.8 Å². The largest absolute Gasteiger partial charge is 0.344 e. The molecule has 2 N–H and O–H groups in total. The first-order valence-corrected chi connectivity index (χ1v) is 21.4. The lowest BCUT2D eigenvalue weighted by molar-refractivity contribution is -0.123. The number of hydrogen-bond donors (Lipinski definition) is 2. The van der Waals surface area contributed by atoms with Crippen LogP contribution in [0.1, 0.15) is 53.1 Å². The lowest BCUT2D eigenvalue weighted by atomic mass is 10.0. The number of nitrogens with zero attached hydrogens (tertiary/aromatic N) is 7. The van der Waals surface area contributed by atoms with Gasteiger partial charge in [-0.2, -0.15) is 19.0 Å². The number of fused-ring (bicyclic) bond motifs is 5. The molecule has 4 heterocycles. The van der Waals surface area contributed by atoms with E-state index in [1.165, 1.54) is 48.3 Å². The van der Waals surface area contributed by atoms with Crippen molar-refractivity contribution in [2.24, 2.45) is 13.0 Å². The van der Waals surface area contributed by atoms with Crippen LogP contribution in [0.15, 0.2) is 65.6 Å². The van der Waals surface area contributed by atoms with Crippen molar-refractivity contribution >= 4 is 66.8 Å².